The van der Waals surface area contributed by atoms with Crippen LogP contribution < -0.4 is 4.74 Å². The lowest BCUT2D eigenvalue weighted by atomic mass is 9.98. The smallest absolute Gasteiger partial charge is 0.312 e. The van der Waals surface area contributed by atoms with Gasteiger partial charge in [-0.25, -0.2) is 5.01 Å². The summed E-state index contributed by atoms with van der Waals surface area (Å²) in [7, 11) is 1.60. The Hall–Kier alpha value is -4.01. The van der Waals surface area contributed by atoms with E-state index in [0.717, 1.165) is 22.6 Å². The van der Waals surface area contributed by atoms with E-state index in [1.807, 2.05) is 54.6 Å². The molecule has 3 aromatic rings. The molecular weight excluding hydrogens is 410 g/mol. The molecule has 164 valence electrons. The van der Waals surface area contributed by atoms with Gasteiger partial charge < -0.3 is 4.74 Å². The monoisotopic (exact) mass is 433 g/mol. The van der Waals surface area contributed by atoms with Crippen LogP contribution in [-0.4, -0.2) is 38.4 Å². The number of nitro groups is 1. The second-order valence-corrected chi connectivity index (χ2v) is 7.58. The number of benzene rings is 2. The quantitative estimate of drug-likeness (QED) is 0.435. The molecule has 9 nitrogen and oxygen atoms in total. The average molecular weight is 433 g/mol. The number of carbonyl (C=O) groups is 1. The van der Waals surface area contributed by atoms with Crippen LogP contribution in [0.1, 0.15) is 35.0 Å². The number of aromatic nitrogens is 2. The molecular formula is C23H23N5O4. The Kier molecular flexibility index (Phi) is 5.72. The fourth-order valence-corrected chi connectivity index (χ4v) is 3.94. The normalized spacial score (nSPS) is 15.5. The van der Waals surface area contributed by atoms with Crippen molar-refractivity contribution in [1.29, 1.82) is 0 Å². The summed E-state index contributed by atoms with van der Waals surface area (Å²) in [5.74, 6) is 0.432. The third-order valence-corrected chi connectivity index (χ3v) is 5.58. The summed E-state index contributed by atoms with van der Waals surface area (Å²) in [6, 6.07) is 17.0. The van der Waals surface area contributed by atoms with Crippen LogP contribution in [0.3, 0.4) is 0 Å². The summed E-state index contributed by atoms with van der Waals surface area (Å²) >= 11 is 0. The standard InChI is InChI=1S/C23H23N5O4/c1-15-23(28(30)31)16(2)26(24-15)14-22(29)27-21(18-9-11-19(32-3)12-10-18)13-20(25-27)17-7-5-4-6-8-17/h4-12,21H,13-14H2,1-3H3/t21-/m0/s1. The zero-order chi connectivity index (χ0) is 22.8. The first kappa shape index (κ1) is 21.2. The third-order valence-electron chi connectivity index (χ3n) is 5.58. The van der Waals surface area contributed by atoms with E-state index in [4.69, 9.17) is 4.74 Å². The van der Waals surface area contributed by atoms with Crippen LogP contribution in [0.5, 0.6) is 5.75 Å². The van der Waals surface area contributed by atoms with Gasteiger partial charge in [0.2, 0.25) is 0 Å². The topological polar surface area (TPSA) is 103 Å². The highest BCUT2D eigenvalue weighted by atomic mass is 16.6. The van der Waals surface area contributed by atoms with Gasteiger partial charge >= 0.3 is 5.69 Å². The summed E-state index contributed by atoms with van der Waals surface area (Å²) in [6.45, 7) is 3.02. The molecule has 0 unspecified atom stereocenters. The van der Waals surface area contributed by atoms with Gasteiger partial charge in [0.05, 0.1) is 23.8 Å². The molecule has 1 atom stereocenters. The highest BCUT2D eigenvalue weighted by molar-refractivity contribution is 6.03. The highest BCUT2D eigenvalue weighted by Gasteiger charge is 2.34. The number of nitrogens with zero attached hydrogens (tertiary/aromatic N) is 5. The van der Waals surface area contributed by atoms with Crippen LogP contribution in [0.2, 0.25) is 0 Å². The molecule has 0 radical (unpaired) electrons. The molecule has 9 heteroatoms. The van der Waals surface area contributed by atoms with Crippen LogP contribution in [0, 0.1) is 24.0 Å². The van der Waals surface area contributed by atoms with Gasteiger partial charge in [0.25, 0.3) is 5.91 Å². The number of methoxy groups -OCH3 is 1. The SMILES string of the molecule is COc1ccc([C@@H]2CC(c3ccccc3)=NN2C(=O)Cn2nc(C)c([N+](=O)[O-])c2C)cc1. The van der Waals surface area contributed by atoms with Crippen molar-refractivity contribution >= 4 is 17.3 Å². The van der Waals surface area contributed by atoms with Crippen LogP contribution in [0.15, 0.2) is 59.7 Å². The van der Waals surface area contributed by atoms with Gasteiger partial charge in [-0.15, -0.1) is 0 Å². The molecule has 32 heavy (non-hydrogen) atoms. The lowest BCUT2D eigenvalue weighted by Crippen LogP contribution is -2.31. The Bertz CT molecular complexity index is 1190. The average Bonchev–Trinajstić information content (AvgIpc) is 3.36. The second kappa shape index (κ2) is 8.62. The first-order valence-corrected chi connectivity index (χ1v) is 10.2. The molecule has 0 aliphatic carbocycles. The fourth-order valence-electron chi connectivity index (χ4n) is 3.94. The lowest BCUT2D eigenvalue weighted by molar-refractivity contribution is -0.386. The van der Waals surface area contributed by atoms with Gasteiger partial charge in [-0.2, -0.15) is 10.2 Å². The summed E-state index contributed by atoms with van der Waals surface area (Å²) in [5, 5.41) is 21.6. The summed E-state index contributed by atoms with van der Waals surface area (Å²) in [5.41, 5.74) is 3.23. The third kappa shape index (κ3) is 3.96. The number of carbonyl (C=O) groups excluding carboxylic acids is 1. The molecule has 0 saturated carbocycles. The van der Waals surface area contributed by atoms with Crippen LogP contribution >= 0.6 is 0 Å². The molecule has 0 fully saturated rings. The molecule has 0 saturated heterocycles. The number of amides is 1. The maximum Gasteiger partial charge on any atom is 0.312 e. The van der Waals surface area contributed by atoms with Crippen LogP contribution in [-0.2, 0) is 11.3 Å². The first-order chi connectivity index (χ1) is 15.4. The van der Waals surface area contributed by atoms with Crippen molar-refractivity contribution in [3.05, 3.63) is 87.2 Å². The molecule has 1 aliphatic rings. The van der Waals surface area contributed by atoms with E-state index in [1.54, 1.807) is 21.0 Å². The fraction of sp³-hybridized carbons (Fsp3) is 0.261. The molecule has 0 N–H and O–H groups in total. The van der Waals surface area contributed by atoms with Gasteiger partial charge in [-0.3, -0.25) is 19.6 Å². The second-order valence-electron chi connectivity index (χ2n) is 7.58. The van der Waals surface area contributed by atoms with Crippen molar-refractivity contribution in [2.45, 2.75) is 32.9 Å². The Balaban J connectivity index is 1.66. The maximum absolute atomic E-state index is 13.3. The van der Waals surface area contributed by atoms with Crippen molar-refractivity contribution in [2.24, 2.45) is 5.10 Å². The largest absolute Gasteiger partial charge is 0.497 e. The van der Waals surface area contributed by atoms with E-state index in [0.29, 0.717) is 12.1 Å². The van der Waals surface area contributed by atoms with E-state index < -0.39 is 4.92 Å². The van der Waals surface area contributed by atoms with E-state index >= 15 is 0 Å². The number of aryl methyl sites for hydroxylation is 1. The van der Waals surface area contributed by atoms with Gasteiger partial charge in [0.1, 0.15) is 23.7 Å². The van der Waals surface area contributed by atoms with Crippen molar-refractivity contribution in [2.75, 3.05) is 7.11 Å². The summed E-state index contributed by atoms with van der Waals surface area (Å²) < 4.78 is 6.62. The van der Waals surface area contributed by atoms with Crippen LogP contribution in [0.25, 0.3) is 0 Å². The molecule has 0 bridgehead atoms. The highest BCUT2D eigenvalue weighted by Crippen LogP contribution is 2.34. The Morgan fingerprint density at radius 1 is 1.16 bits per heavy atom. The van der Waals surface area contributed by atoms with E-state index in [-0.39, 0.29) is 29.9 Å². The zero-order valence-corrected chi connectivity index (χ0v) is 18.1. The van der Waals surface area contributed by atoms with Gasteiger partial charge in [0.15, 0.2) is 0 Å². The van der Waals surface area contributed by atoms with Crippen molar-refractivity contribution in [1.82, 2.24) is 14.8 Å². The molecule has 1 aromatic heterocycles. The van der Waals surface area contributed by atoms with Gasteiger partial charge in [0, 0.05) is 6.42 Å². The summed E-state index contributed by atoms with van der Waals surface area (Å²) in [4.78, 5) is 24.1. The molecule has 2 aromatic carbocycles. The van der Waals surface area contributed by atoms with Crippen molar-refractivity contribution < 1.29 is 14.5 Å². The Morgan fingerprint density at radius 3 is 2.44 bits per heavy atom. The number of rotatable bonds is 6. The van der Waals surface area contributed by atoms with Crippen LogP contribution in [0.4, 0.5) is 5.69 Å². The van der Waals surface area contributed by atoms with Crippen molar-refractivity contribution in [3.63, 3.8) is 0 Å². The number of hydrogen-bond donors (Lipinski definition) is 0. The van der Waals surface area contributed by atoms with Gasteiger partial charge in [-0.05, 0) is 37.1 Å². The first-order valence-electron chi connectivity index (χ1n) is 10.2. The molecule has 2 heterocycles. The summed E-state index contributed by atoms with van der Waals surface area (Å²) in [6.07, 6.45) is 0.555. The maximum atomic E-state index is 13.3. The van der Waals surface area contributed by atoms with Gasteiger partial charge in [-0.1, -0.05) is 42.5 Å². The van der Waals surface area contributed by atoms with E-state index in [9.17, 15) is 14.9 Å². The zero-order valence-electron chi connectivity index (χ0n) is 18.1. The van der Waals surface area contributed by atoms with E-state index in [2.05, 4.69) is 10.2 Å². The minimum absolute atomic E-state index is 0.0700. The predicted molar refractivity (Wildman–Crippen MR) is 119 cm³/mol. The number of ether oxygens (including phenoxy) is 1. The molecule has 4 rings (SSSR count). The Labute approximate surface area is 185 Å². The lowest BCUT2D eigenvalue weighted by Gasteiger charge is -2.22. The molecule has 1 aliphatic heterocycles. The molecule has 1 amide bonds. The predicted octanol–water partition coefficient (Wildman–Crippen LogP) is 3.79. The number of hydrazone groups is 1. The number of hydrogen-bond acceptors (Lipinski definition) is 6. The van der Waals surface area contributed by atoms with E-state index in [1.165, 1.54) is 9.69 Å². The van der Waals surface area contributed by atoms with Crippen molar-refractivity contribution in [3.8, 4) is 5.75 Å². The minimum Gasteiger partial charge on any atom is -0.497 e. The Morgan fingerprint density at radius 2 is 1.84 bits per heavy atom. The minimum atomic E-state index is -0.472. The molecule has 0 spiro atoms.